The van der Waals surface area contributed by atoms with Crippen LogP contribution in [0, 0.1) is 3.57 Å². The molecule has 2 atom stereocenters. The van der Waals surface area contributed by atoms with Gasteiger partial charge in [-0.05, 0) is 82.6 Å². The quantitative estimate of drug-likeness (QED) is 0.0425. The van der Waals surface area contributed by atoms with Crippen LogP contribution in [0.15, 0.2) is 89.2 Å². The van der Waals surface area contributed by atoms with Crippen LogP contribution in [0.4, 0.5) is 4.79 Å². The standard InChI is InChI=1S/C36H37IN4O8/c1-5-47-29-16-23(33-32(35(43)46-4)21(2)39-36(44)40-33)13-14-28(29)48-20-31(42)41-38-18-25-15-26(37)17-30(45-3)34(25)49-19-24-11-8-10-22-9-6-7-12-27(22)24/h6-18,31,33,41-42H,5,19-20H2,1-4H3,(H2,39,40,44)/b38-18+/t31-,33+/m1/s1. The molecule has 1 heterocycles. The van der Waals surface area contributed by atoms with Crippen molar-refractivity contribution >= 4 is 51.6 Å². The van der Waals surface area contributed by atoms with Gasteiger partial charge in [0.2, 0.25) is 0 Å². The van der Waals surface area contributed by atoms with Gasteiger partial charge < -0.3 is 39.4 Å². The third-order valence-corrected chi connectivity index (χ3v) is 8.24. The number of aliphatic hydroxyl groups is 1. The molecule has 0 fully saturated rings. The fraction of sp³-hybridized carbons (Fsp3) is 0.250. The highest BCUT2D eigenvalue weighted by molar-refractivity contribution is 14.1. The highest BCUT2D eigenvalue weighted by atomic mass is 127. The first kappa shape index (κ1) is 35.3. The Kier molecular flexibility index (Phi) is 11.8. The SMILES string of the molecule is CCOc1cc([C@@H]2NC(=O)NC(C)=C2C(=O)OC)ccc1OC[C@@H](O)N/N=C/c1cc(I)cc(OC)c1OCc1cccc2ccccc12. The number of nitrogens with zero attached hydrogens (tertiary/aromatic N) is 1. The molecule has 0 unspecified atom stereocenters. The molecule has 0 saturated carbocycles. The molecule has 49 heavy (non-hydrogen) atoms. The predicted molar refractivity (Wildman–Crippen MR) is 193 cm³/mol. The smallest absolute Gasteiger partial charge is 0.337 e. The van der Waals surface area contributed by atoms with E-state index in [1.165, 1.54) is 7.11 Å². The Labute approximate surface area is 297 Å². The summed E-state index contributed by atoms with van der Waals surface area (Å²) in [5, 5.41) is 22.5. The lowest BCUT2D eigenvalue weighted by molar-refractivity contribution is -0.136. The number of esters is 1. The van der Waals surface area contributed by atoms with Gasteiger partial charge in [-0.1, -0.05) is 48.5 Å². The van der Waals surface area contributed by atoms with Gasteiger partial charge >= 0.3 is 12.0 Å². The van der Waals surface area contributed by atoms with E-state index < -0.39 is 24.3 Å². The number of ether oxygens (including phenoxy) is 5. The summed E-state index contributed by atoms with van der Waals surface area (Å²) in [4.78, 5) is 24.7. The minimum Gasteiger partial charge on any atom is -0.493 e. The van der Waals surface area contributed by atoms with E-state index in [4.69, 9.17) is 23.7 Å². The lowest BCUT2D eigenvalue weighted by Crippen LogP contribution is -2.45. The minimum atomic E-state index is -1.18. The van der Waals surface area contributed by atoms with Crippen molar-refractivity contribution < 1.29 is 38.4 Å². The number of urea groups is 1. The molecule has 0 aromatic heterocycles. The van der Waals surface area contributed by atoms with E-state index in [0.717, 1.165) is 19.9 Å². The summed E-state index contributed by atoms with van der Waals surface area (Å²) < 4.78 is 29.4. The number of hydrogen-bond acceptors (Lipinski definition) is 10. The number of carbonyl (C=O) groups is 2. The molecule has 4 aromatic carbocycles. The molecule has 4 N–H and O–H groups in total. The first-order valence-electron chi connectivity index (χ1n) is 15.4. The molecule has 0 spiro atoms. The van der Waals surface area contributed by atoms with Gasteiger partial charge in [-0.25, -0.2) is 9.59 Å². The number of hydrazone groups is 1. The molecular formula is C36H37IN4O8. The van der Waals surface area contributed by atoms with Gasteiger partial charge in [-0.2, -0.15) is 5.10 Å². The highest BCUT2D eigenvalue weighted by Gasteiger charge is 2.32. The van der Waals surface area contributed by atoms with Crippen LogP contribution in [0.2, 0.25) is 0 Å². The molecule has 1 aliphatic heterocycles. The Hall–Kier alpha value is -5.02. The molecule has 12 nitrogen and oxygen atoms in total. The Morgan fingerprint density at radius 1 is 1.02 bits per heavy atom. The number of fused-ring (bicyclic) bond motifs is 1. The second kappa shape index (κ2) is 16.4. The first-order chi connectivity index (χ1) is 23.7. The van der Waals surface area contributed by atoms with Crippen molar-refractivity contribution in [2.24, 2.45) is 5.10 Å². The average Bonchev–Trinajstić information content (AvgIpc) is 3.09. The first-order valence-corrected chi connectivity index (χ1v) is 16.5. The van der Waals surface area contributed by atoms with E-state index >= 15 is 0 Å². The second-order valence-electron chi connectivity index (χ2n) is 10.9. The van der Waals surface area contributed by atoms with Crippen LogP contribution < -0.4 is 35.0 Å². The lowest BCUT2D eigenvalue weighted by Gasteiger charge is -2.28. The summed E-state index contributed by atoms with van der Waals surface area (Å²) in [5.41, 5.74) is 5.60. The number of carbonyl (C=O) groups excluding carboxylic acids is 2. The van der Waals surface area contributed by atoms with Crippen LogP contribution in [0.1, 0.15) is 36.6 Å². The fourth-order valence-electron chi connectivity index (χ4n) is 5.37. The molecular weight excluding hydrogens is 743 g/mol. The fourth-order valence-corrected chi connectivity index (χ4v) is 5.99. The maximum Gasteiger partial charge on any atom is 0.337 e. The number of benzene rings is 4. The van der Waals surface area contributed by atoms with Gasteiger partial charge in [0.1, 0.15) is 13.2 Å². The summed E-state index contributed by atoms with van der Waals surface area (Å²) >= 11 is 2.19. The van der Waals surface area contributed by atoms with Crippen LogP contribution >= 0.6 is 22.6 Å². The van der Waals surface area contributed by atoms with Gasteiger partial charge in [0.15, 0.2) is 29.2 Å². The number of hydrogen-bond donors (Lipinski definition) is 4. The predicted octanol–water partition coefficient (Wildman–Crippen LogP) is 5.55. The summed E-state index contributed by atoms with van der Waals surface area (Å²) in [7, 11) is 2.86. The Bertz CT molecular complexity index is 1890. The van der Waals surface area contributed by atoms with Gasteiger partial charge in [0.05, 0.1) is 38.7 Å². The van der Waals surface area contributed by atoms with E-state index in [2.05, 4.69) is 62.0 Å². The Balaban J connectivity index is 1.27. The summed E-state index contributed by atoms with van der Waals surface area (Å²) in [6, 6.07) is 21.8. The van der Waals surface area contributed by atoms with Crippen molar-refractivity contribution in [3.05, 3.63) is 104 Å². The van der Waals surface area contributed by atoms with Crippen LogP contribution in [0.3, 0.4) is 0 Å². The number of halogens is 1. The van der Waals surface area contributed by atoms with E-state index in [9.17, 15) is 14.7 Å². The van der Waals surface area contributed by atoms with Crippen molar-refractivity contribution in [2.75, 3.05) is 27.4 Å². The van der Waals surface area contributed by atoms with E-state index in [1.807, 2.05) is 43.3 Å². The minimum absolute atomic E-state index is 0.173. The number of methoxy groups -OCH3 is 2. The number of nitrogens with one attached hydrogen (secondary N) is 3. The molecule has 0 radical (unpaired) electrons. The maximum atomic E-state index is 12.5. The normalized spacial score (nSPS) is 15.0. The van der Waals surface area contributed by atoms with Gasteiger partial charge in [0, 0.05) is 14.8 Å². The number of allylic oxidation sites excluding steroid dienone is 1. The maximum absolute atomic E-state index is 12.5. The van der Waals surface area contributed by atoms with Crippen LogP contribution in [0.25, 0.3) is 10.8 Å². The topological polar surface area (TPSA) is 149 Å². The summed E-state index contributed by atoms with van der Waals surface area (Å²) in [6.07, 6.45) is 0.365. The molecule has 2 amide bonds. The summed E-state index contributed by atoms with van der Waals surface area (Å²) in [5.74, 6) is 1.21. The van der Waals surface area contributed by atoms with Crippen LogP contribution in [-0.4, -0.2) is 57.0 Å². The Morgan fingerprint density at radius 2 is 1.82 bits per heavy atom. The molecule has 0 bridgehead atoms. The molecule has 256 valence electrons. The van der Waals surface area contributed by atoms with E-state index in [-0.39, 0.29) is 12.2 Å². The third-order valence-electron chi connectivity index (χ3n) is 7.62. The molecule has 0 saturated heterocycles. The zero-order chi connectivity index (χ0) is 34.9. The van der Waals surface area contributed by atoms with Crippen molar-refractivity contribution in [2.45, 2.75) is 32.7 Å². The lowest BCUT2D eigenvalue weighted by atomic mass is 9.95. The van der Waals surface area contributed by atoms with Gasteiger partial charge in [0.25, 0.3) is 0 Å². The average molecular weight is 781 g/mol. The molecule has 5 rings (SSSR count). The molecule has 13 heteroatoms. The van der Waals surface area contributed by atoms with Crippen LogP contribution in [0.5, 0.6) is 23.0 Å². The summed E-state index contributed by atoms with van der Waals surface area (Å²) in [6.45, 7) is 3.91. The molecule has 0 aliphatic carbocycles. The van der Waals surface area contributed by atoms with Crippen molar-refractivity contribution in [1.82, 2.24) is 16.1 Å². The zero-order valence-electron chi connectivity index (χ0n) is 27.4. The number of rotatable bonds is 14. The van der Waals surface area contributed by atoms with Crippen molar-refractivity contribution in [1.29, 1.82) is 0 Å². The monoisotopic (exact) mass is 780 g/mol. The molecule has 1 aliphatic rings. The third kappa shape index (κ3) is 8.53. The van der Waals surface area contributed by atoms with E-state index in [0.29, 0.717) is 53.0 Å². The van der Waals surface area contributed by atoms with Gasteiger partial charge in [-0.3, -0.25) is 5.43 Å². The highest BCUT2D eigenvalue weighted by Crippen LogP contribution is 2.36. The van der Waals surface area contributed by atoms with Crippen molar-refractivity contribution in [3.8, 4) is 23.0 Å². The Morgan fingerprint density at radius 3 is 2.59 bits per heavy atom. The largest absolute Gasteiger partial charge is 0.493 e. The van der Waals surface area contributed by atoms with Gasteiger partial charge in [-0.15, -0.1) is 0 Å². The van der Waals surface area contributed by atoms with E-state index in [1.54, 1.807) is 38.4 Å². The second-order valence-corrected chi connectivity index (χ2v) is 12.1. The van der Waals surface area contributed by atoms with Crippen molar-refractivity contribution in [3.63, 3.8) is 0 Å². The number of amides is 2. The zero-order valence-corrected chi connectivity index (χ0v) is 29.6. The van der Waals surface area contributed by atoms with Crippen LogP contribution in [-0.2, 0) is 16.1 Å². The molecule has 4 aromatic rings. The number of aliphatic hydroxyl groups excluding tert-OH is 1.